The minimum atomic E-state index is -3.31. The number of hydrogen-bond donors (Lipinski definition) is 4. The molecule has 10 atom stereocenters. The van der Waals surface area contributed by atoms with E-state index in [1.807, 2.05) is 20.8 Å². The number of rotatable bonds is 27. The molecule has 0 amide bonds. The van der Waals surface area contributed by atoms with Gasteiger partial charge >= 0.3 is 5.97 Å². The van der Waals surface area contributed by atoms with Gasteiger partial charge in [-0.15, -0.1) is 0 Å². The molecule has 0 spiro atoms. The van der Waals surface area contributed by atoms with Gasteiger partial charge in [0.15, 0.2) is 46.9 Å². The fourth-order valence-electron chi connectivity index (χ4n) is 8.04. The van der Waals surface area contributed by atoms with Gasteiger partial charge in [0.1, 0.15) is 30.5 Å². The van der Waals surface area contributed by atoms with Crippen molar-refractivity contribution in [1.82, 2.24) is 0 Å². The van der Waals surface area contributed by atoms with Gasteiger partial charge in [-0.2, -0.15) is 0 Å². The first kappa shape index (κ1) is 50.4. The third-order valence-electron chi connectivity index (χ3n) is 11.3. The van der Waals surface area contributed by atoms with Crippen molar-refractivity contribution in [3.63, 3.8) is 0 Å². The Labute approximate surface area is 345 Å². The van der Waals surface area contributed by atoms with Crippen LogP contribution in [0.5, 0.6) is 0 Å². The van der Waals surface area contributed by atoms with Crippen molar-refractivity contribution in [1.29, 1.82) is 0 Å². The Hall–Kier alpha value is -1.92. The second kappa shape index (κ2) is 22.8. The number of aliphatic hydroxyl groups excluding tert-OH is 2. The van der Waals surface area contributed by atoms with E-state index in [4.69, 9.17) is 33.2 Å². The molecule has 0 aromatic rings. The van der Waals surface area contributed by atoms with Crippen molar-refractivity contribution in [3.05, 3.63) is 0 Å². The second-order valence-corrected chi connectivity index (χ2v) is 17.1. The molecule has 15 heteroatoms. The highest BCUT2D eigenvalue weighted by molar-refractivity contribution is 6.01. The first-order valence-electron chi connectivity index (χ1n) is 21.9. The highest BCUT2D eigenvalue weighted by atomic mass is 16.8. The molecule has 3 aliphatic rings. The highest BCUT2D eigenvalue weighted by Crippen LogP contribution is 2.46. The quantitative estimate of drug-likeness (QED) is 0.0472. The normalized spacial score (nSPS) is 31.5. The Bertz CT molecular complexity index is 1320. The van der Waals surface area contributed by atoms with E-state index in [1.54, 1.807) is 27.7 Å². The lowest BCUT2D eigenvalue weighted by Gasteiger charge is -2.55. The van der Waals surface area contributed by atoms with Crippen LogP contribution >= 0.6 is 0 Å². The molecule has 3 heterocycles. The average Bonchev–Trinajstić information content (AvgIpc) is 3.71. The SMILES string of the molecule is CCCCCCCC(=O)O[C@@H]1[C@H](OC(O)[C@@H]2OC(C)(C)O[C@H]2[C@H]2COC(C)(C)O2)O[C@H](C(O)C(=O)CCCCC)[C@](O)(C(=O)CCCCC)[C@@]1(O)C(=O)CCCCC. The first-order chi connectivity index (χ1) is 27.3. The molecule has 0 aromatic carbocycles. The molecule has 2 unspecified atom stereocenters. The van der Waals surface area contributed by atoms with Gasteiger partial charge in [0.2, 0.25) is 11.9 Å². The van der Waals surface area contributed by atoms with Gasteiger partial charge in [0.25, 0.3) is 0 Å². The predicted octanol–water partition coefficient (Wildman–Crippen LogP) is 5.26. The highest BCUT2D eigenvalue weighted by Gasteiger charge is 2.74. The topological polar surface area (TPSA) is 214 Å². The van der Waals surface area contributed by atoms with Crippen molar-refractivity contribution in [3.8, 4) is 0 Å². The zero-order chi connectivity index (χ0) is 43.3. The zero-order valence-electron chi connectivity index (χ0n) is 36.3. The summed E-state index contributed by atoms with van der Waals surface area (Å²) in [6.45, 7) is 14.5. The van der Waals surface area contributed by atoms with E-state index in [-0.39, 0.29) is 45.1 Å². The number of unbranched alkanes of at least 4 members (excludes halogenated alkanes) is 10. The summed E-state index contributed by atoms with van der Waals surface area (Å²) in [5.41, 5.74) is -6.60. The molecule has 0 aromatic heterocycles. The fraction of sp³-hybridized carbons (Fsp3) is 0.907. The van der Waals surface area contributed by atoms with E-state index in [1.165, 1.54) is 0 Å². The number of ketones is 3. The maximum absolute atomic E-state index is 14.6. The molecular formula is C43H74O15. The largest absolute Gasteiger partial charge is 0.453 e. The third kappa shape index (κ3) is 12.6. The van der Waals surface area contributed by atoms with Gasteiger partial charge in [0, 0.05) is 25.7 Å². The van der Waals surface area contributed by atoms with E-state index in [0.29, 0.717) is 51.4 Å². The van der Waals surface area contributed by atoms with Crippen LogP contribution in [0.25, 0.3) is 0 Å². The molecule has 0 aliphatic carbocycles. The van der Waals surface area contributed by atoms with E-state index in [9.17, 15) is 39.6 Å². The monoisotopic (exact) mass is 831 g/mol. The number of esters is 1. The molecule has 3 saturated heterocycles. The van der Waals surface area contributed by atoms with Crippen LogP contribution in [-0.2, 0) is 52.3 Å². The molecule has 0 saturated carbocycles. The van der Waals surface area contributed by atoms with Crippen LogP contribution in [0.3, 0.4) is 0 Å². The Morgan fingerprint density at radius 1 is 0.655 bits per heavy atom. The Balaban J connectivity index is 2.19. The van der Waals surface area contributed by atoms with Crippen LogP contribution in [-0.4, -0.2) is 122 Å². The number of Topliss-reactive ketones (excluding diaryl/α,β-unsaturated/α-hetero) is 3. The zero-order valence-corrected chi connectivity index (χ0v) is 36.3. The summed E-state index contributed by atoms with van der Waals surface area (Å²) in [7, 11) is 0. The molecule has 0 bridgehead atoms. The Morgan fingerprint density at radius 2 is 1.17 bits per heavy atom. The van der Waals surface area contributed by atoms with Crippen molar-refractivity contribution in [2.75, 3.05) is 6.61 Å². The van der Waals surface area contributed by atoms with Gasteiger partial charge < -0.3 is 53.6 Å². The van der Waals surface area contributed by atoms with Crippen molar-refractivity contribution in [2.24, 2.45) is 0 Å². The van der Waals surface area contributed by atoms with Gasteiger partial charge in [-0.1, -0.05) is 91.9 Å². The lowest BCUT2D eigenvalue weighted by molar-refractivity contribution is -0.377. The van der Waals surface area contributed by atoms with E-state index < -0.39 is 95.3 Å². The predicted molar refractivity (Wildman–Crippen MR) is 211 cm³/mol. The van der Waals surface area contributed by atoms with Crippen LogP contribution in [0.15, 0.2) is 0 Å². The summed E-state index contributed by atoms with van der Waals surface area (Å²) in [5, 5.41) is 49.4. The van der Waals surface area contributed by atoms with Crippen LogP contribution in [0.1, 0.15) is 171 Å². The van der Waals surface area contributed by atoms with Crippen LogP contribution in [0, 0.1) is 0 Å². The van der Waals surface area contributed by atoms with E-state index >= 15 is 0 Å². The van der Waals surface area contributed by atoms with Crippen LogP contribution in [0.2, 0.25) is 0 Å². The molecule has 15 nitrogen and oxygen atoms in total. The van der Waals surface area contributed by atoms with E-state index in [2.05, 4.69) is 6.92 Å². The molecule has 58 heavy (non-hydrogen) atoms. The fourth-order valence-corrected chi connectivity index (χ4v) is 8.04. The second-order valence-electron chi connectivity index (χ2n) is 17.1. The lowest BCUT2D eigenvalue weighted by Crippen LogP contribution is -2.82. The van der Waals surface area contributed by atoms with Gasteiger partial charge in [-0.25, -0.2) is 0 Å². The molecule has 3 rings (SSSR count). The van der Waals surface area contributed by atoms with Gasteiger partial charge in [-0.3, -0.25) is 19.2 Å². The smallest absolute Gasteiger partial charge is 0.306 e. The first-order valence-corrected chi connectivity index (χ1v) is 21.9. The van der Waals surface area contributed by atoms with Crippen molar-refractivity contribution in [2.45, 2.75) is 243 Å². The molecule has 0 radical (unpaired) electrons. The minimum Gasteiger partial charge on any atom is -0.453 e. The molecule has 4 N–H and O–H groups in total. The Kier molecular flexibility index (Phi) is 19.8. The van der Waals surface area contributed by atoms with Crippen molar-refractivity contribution >= 4 is 23.3 Å². The summed E-state index contributed by atoms with van der Waals surface area (Å²) in [4.78, 5) is 56.3. The summed E-state index contributed by atoms with van der Waals surface area (Å²) in [6.07, 6.45) is -6.39. The summed E-state index contributed by atoms with van der Waals surface area (Å²) in [6, 6.07) is 0. The number of aliphatic hydroxyl groups is 4. The van der Waals surface area contributed by atoms with Crippen LogP contribution in [0.4, 0.5) is 0 Å². The summed E-state index contributed by atoms with van der Waals surface area (Å²) in [5.74, 6) is -6.09. The number of ether oxygens (including phenoxy) is 7. The number of carbonyl (C=O) groups is 4. The number of carbonyl (C=O) groups excluding carboxylic acids is 4. The summed E-state index contributed by atoms with van der Waals surface area (Å²) < 4.78 is 42.1. The molecule has 336 valence electrons. The van der Waals surface area contributed by atoms with E-state index in [0.717, 1.165) is 25.7 Å². The van der Waals surface area contributed by atoms with Crippen LogP contribution < -0.4 is 0 Å². The average molecular weight is 831 g/mol. The molecule has 3 aliphatic heterocycles. The maximum atomic E-state index is 14.6. The Morgan fingerprint density at radius 3 is 1.72 bits per heavy atom. The van der Waals surface area contributed by atoms with Gasteiger partial charge in [-0.05, 0) is 53.4 Å². The standard InChI is InChI=1S/C43H74O15/c1-9-13-17-18-22-26-32(47)53-37-39(55-38(49)35-34(57-41(7,8)58-35)29-27-52-40(5,6)56-29)54-36(33(48)28(44)23-19-14-10-2)42(50,30(45)24-20-15-11-3)43(37,51)31(46)25-21-16-12-4/h29,33-39,48-51H,9-27H2,1-8H3/t29-,33?,34+,35-,36-,37-,38?,39+,42-,43-/m1/s1. The number of hydrogen-bond acceptors (Lipinski definition) is 15. The maximum Gasteiger partial charge on any atom is 0.306 e. The lowest BCUT2D eigenvalue weighted by atomic mass is 9.64. The summed E-state index contributed by atoms with van der Waals surface area (Å²) >= 11 is 0. The molecular weight excluding hydrogens is 756 g/mol. The minimum absolute atomic E-state index is 0.0757. The van der Waals surface area contributed by atoms with Gasteiger partial charge in [0.05, 0.1) is 6.61 Å². The molecule has 3 fully saturated rings. The third-order valence-corrected chi connectivity index (χ3v) is 11.3. The van der Waals surface area contributed by atoms with Crippen molar-refractivity contribution < 1.29 is 72.8 Å².